The lowest BCUT2D eigenvalue weighted by atomic mass is 9.66. The predicted molar refractivity (Wildman–Crippen MR) is 207 cm³/mol. The van der Waals surface area contributed by atoms with Crippen molar-refractivity contribution in [1.29, 1.82) is 0 Å². The number of ether oxygens (including phenoxy) is 1. The van der Waals surface area contributed by atoms with E-state index in [4.69, 9.17) is 29.1 Å². The van der Waals surface area contributed by atoms with E-state index in [1.165, 1.54) is 5.56 Å². The van der Waals surface area contributed by atoms with Crippen LogP contribution in [0.4, 0.5) is 0 Å². The molecule has 1 aliphatic carbocycles. The van der Waals surface area contributed by atoms with Gasteiger partial charge in [0.05, 0.1) is 5.41 Å². The minimum absolute atomic E-state index is 0.581. The number of rotatable bonds is 4. The largest absolute Gasteiger partial charge is 0.457 e. The second-order valence-corrected chi connectivity index (χ2v) is 13.4. The summed E-state index contributed by atoms with van der Waals surface area (Å²) in [6, 6.07) is 58.0. The minimum Gasteiger partial charge on any atom is -0.457 e. The third kappa shape index (κ3) is 4.45. The normalized spacial score (nSPS) is 13.2. The molecule has 0 unspecified atom stereocenters. The van der Waals surface area contributed by atoms with Crippen molar-refractivity contribution >= 4 is 11.1 Å². The molecule has 1 spiro atoms. The van der Waals surface area contributed by atoms with Crippen LogP contribution in [0.5, 0.6) is 11.5 Å². The van der Waals surface area contributed by atoms with Gasteiger partial charge in [-0.05, 0) is 64.7 Å². The molecule has 6 nitrogen and oxygen atoms in total. The van der Waals surface area contributed by atoms with E-state index in [0.29, 0.717) is 23.4 Å². The summed E-state index contributed by atoms with van der Waals surface area (Å²) in [5.74, 6) is 4.11. The molecule has 248 valence electrons. The molecule has 3 heterocycles. The van der Waals surface area contributed by atoms with Crippen molar-refractivity contribution < 1.29 is 9.15 Å². The zero-order valence-electron chi connectivity index (χ0n) is 28.3. The summed E-state index contributed by atoms with van der Waals surface area (Å²) in [6.07, 6.45) is 0. The van der Waals surface area contributed by atoms with E-state index in [1.807, 2.05) is 97.1 Å². The molecule has 0 N–H and O–H groups in total. The standard InChI is InChI=1S/C47H28N4O2/c1-3-13-29(14-4-1)43-49-44(30-15-5-2-6-16-30)51-45(50-43)31-23-25-35-33(27-31)34-28-32(46-48-39-19-9-12-22-42(39)53-46)24-26-36(34)47(35)37-17-7-10-20-40(37)52-41-21-11-8-18-38(41)47/h1-28H. The Balaban J connectivity index is 1.18. The highest BCUT2D eigenvalue weighted by atomic mass is 16.5. The molecule has 1 aliphatic heterocycles. The van der Waals surface area contributed by atoms with E-state index in [9.17, 15) is 0 Å². The van der Waals surface area contributed by atoms with Crippen LogP contribution in [-0.2, 0) is 5.41 Å². The summed E-state index contributed by atoms with van der Waals surface area (Å²) in [6.45, 7) is 0. The first kappa shape index (κ1) is 29.5. The van der Waals surface area contributed by atoms with E-state index in [-0.39, 0.29) is 0 Å². The van der Waals surface area contributed by atoms with Crippen LogP contribution < -0.4 is 4.74 Å². The Morgan fingerprint density at radius 3 is 1.47 bits per heavy atom. The Morgan fingerprint density at radius 2 is 0.868 bits per heavy atom. The van der Waals surface area contributed by atoms with Crippen LogP contribution in [0, 0.1) is 0 Å². The van der Waals surface area contributed by atoms with Crippen LogP contribution in [0.3, 0.4) is 0 Å². The van der Waals surface area contributed by atoms with Crippen molar-refractivity contribution in [1.82, 2.24) is 19.9 Å². The molecular weight excluding hydrogens is 653 g/mol. The average Bonchev–Trinajstić information content (AvgIpc) is 3.79. The zero-order valence-corrected chi connectivity index (χ0v) is 28.3. The fourth-order valence-corrected chi connectivity index (χ4v) is 8.11. The molecule has 0 radical (unpaired) electrons. The third-order valence-electron chi connectivity index (χ3n) is 10.4. The second kappa shape index (κ2) is 11.4. The van der Waals surface area contributed by atoms with E-state index in [0.717, 1.165) is 72.7 Å². The Morgan fingerprint density at radius 1 is 0.377 bits per heavy atom. The summed E-state index contributed by atoms with van der Waals surface area (Å²) in [4.78, 5) is 20.0. The highest BCUT2D eigenvalue weighted by molar-refractivity contribution is 5.92. The van der Waals surface area contributed by atoms with Crippen molar-refractivity contribution in [3.8, 4) is 68.2 Å². The molecule has 7 aromatic carbocycles. The van der Waals surface area contributed by atoms with Crippen molar-refractivity contribution in [2.24, 2.45) is 0 Å². The second-order valence-electron chi connectivity index (χ2n) is 13.4. The van der Waals surface area contributed by atoms with Crippen molar-refractivity contribution in [2.45, 2.75) is 5.41 Å². The van der Waals surface area contributed by atoms with Gasteiger partial charge in [0, 0.05) is 33.4 Å². The van der Waals surface area contributed by atoms with Gasteiger partial charge in [0.1, 0.15) is 17.0 Å². The summed E-state index contributed by atoms with van der Waals surface area (Å²) in [5, 5.41) is 0. The molecule has 53 heavy (non-hydrogen) atoms. The molecule has 9 aromatic rings. The van der Waals surface area contributed by atoms with Gasteiger partial charge in [-0.25, -0.2) is 19.9 Å². The Kier molecular flexibility index (Phi) is 6.36. The maximum Gasteiger partial charge on any atom is 0.227 e. The summed E-state index contributed by atoms with van der Waals surface area (Å²) < 4.78 is 12.9. The van der Waals surface area contributed by atoms with Gasteiger partial charge in [-0.3, -0.25) is 0 Å². The van der Waals surface area contributed by atoms with Crippen molar-refractivity contribution in [3.05, 3.63) is 192 Å². The maximum atomic E-state index is 6.57. The van der Waals surface area contributed by atoms with Crippen LogP contribution in [0.1, 0.15) is 22.3 Å². The lowest BCUT2D eigenvalue weighted by molar-refractivity contribution is 0.436. The molecule has 2 aromatic heterocycles. The molecule has 0 bridgehead atoms. The SMILES string of the molecule is c1ccc(-c2nc(-c3ccccc3)nc(-c3ccc4c(c3)-c3cc(-c5nc6ccccc6o5)ccc3C43c4ccccc4Oc4ccccc43)n2)cc1. The van der Waals surface area contributed by atoms with E-state index in [2.05, 4.69) is 72.8 Å². The molecular formula is C47H28N4O2. The van der Waals surface area contributed by atoms with Gasteiger partial charge in [0.15, 0.2) is 23.1 Å². The van der Waals surface area contributed by atoms with E-state index < -0.39 is 5.41 Å². The fraction of sp³-hybridized carbons (Fsp3) is 0.0213. The molecule has 0 saturated heterocycles. The topological polar surface area (TPSA) is 73.9 Å². The van der Waals surface area contributed by atoms with Gasteiger partial charge >= 0.3 is 0 Å². The van der Waals surface area contributed by atoms with Gasteiger partial charge in [0.25, 0.3) is 0 Å². The lowest BCUT2D eigenvalue weighted by Gasteiger charge is -2.39. The Bertz CT molecular complexity index is 2750. The minimum atomic E-state index is -0.627. The van der Waals surface area contributed by atoms with Crippen LogP contribution in [0.2, 0.25) is 0 Å². The molecule has 0 saturated carbocycles. The first-order valence-corrected chi connectivity index (χ1v) is 17.6. The quantitative estimate of drug-likeness (QED) is 0.184. The summed E-state index contributed by atoms with van der Waals surface area (Å²) in [7, 11) is 0. The monoisotopic (exact) mass is 680 g/mol. The smallest absolute Gasteiger partial charge is 0.227 e. The molecule has 0 amide bonds. The number of fused-ring (bicyclic) bond motifs is 10. The molecule has 11 rings (SSSR count). The van der Waals surface area contributed by atoms with Crippen LogP contribution in [0.25, 0.3) is 67.8 Å². The number of nitrogens with zero attached hydrogens (tertiary/aromatic N) is 4. The fourth-order valence-electron chi connectivity index (χ4n) is 8.11. The van der Waals surface area contributed by atoms with Crippen molar-refractivity contribution in [3.63, 3.8) is 0 Å². The van der Waals surface area contributed by atoms with E-state index >= 15 is 0 Å². The van der Waals surface area contributed by atoms with Gasteiger partial charge in [0.2, 0.25) is 5.89 Å². The van der Waals surface area contributed by atoms with Gasteiger partial charge in [-0.2, -0.15) is 0 Å². The summed E-state index contributed by atoms with van der Waals surface area (Å²) >= 11 is 0. The van der Waals surface area contributed by atoms with E-state index in [1.54, 1.807) is 0 Å². The number of hydrogen-bond donors (Lipinski definition) is 0. The van der Waals surface area contributed by atoms with Gasteiger partial charge < -0.3 is 9.15 Å². The molecule has 6 heteroatoms. The number of oxazole rings is 1. The predicted octanol–water partition coefficient (Wildman–Crippen LogP) is 11.1. The van der Waals surface area contributed by atoms with Crippen LogP contribution in [-0.4, -0.2) is 19.9 Å². The third-order valence-corrected chi connectivity index (χ3v) is 10.4. The first-order valence-electron chi connectivity index (χ1n) is 17.6. The summed E-state index contributed by atoms with van der Waals surface area (Å²) in [5.41, 5.74) is 11.3. The molecule has 2 aliphatic rings. The van der Waals surface area contributed by atoms with Crippen molar-refractivity contribution in [2.75, 3.05) is 0 Å². The molecule has 0 atom stereocenters. The number of para-hydroxylation sites is 4. The highest BCUT2D eigenvalue weighted by Gasteiger charge is 2.51. The number of hydrogen-bond acceptors (Lipinski definition) is 6. The Hall–Kier alpha value is -7.18. The lowest BCUT2D eigenvalue weighted by Crippen LogP contribution is -2.32. The maximum absolute atomic E-state index is 6.57. The number of benzene rings is 7. The number of aromatic nitrogens is 4. The van der Waals surface area contributed by atoms with Crippen LogP contribution >= 0.6 is 0 Å². The van der Waals surface area contributed by atoms with Gasteiger partial charge in [-0.1, -0.05) is 127 Å². The average molecular weight is 681 g/mol. The van der Waals surface area contributed by atoms with Gasteiger partial charge in [-0.15, -0.1) is 0 Å². The first-order chi connectivity index (χ1) is 26.2. The highest BCUT2D eigenvalue weighted by Crippen LogP contribution is 2.62. The molecule has 0 fully saturated rings. The zero-order chi connectivity index (χ0) is 34.9. The van der Waals surface area contributed by atoms with Crippen LogP contribution in [0.15, 0.2) is 174 Å². The Labute approximate surface area is 305 Å².